The molecule has 0 bridgehead atoms. The van der Waals surface area contributed by atoms with Crippen LogP contribution in [-0.2, 0) is 22.3 Å². The van der Waals surface area contributed by atoms with E-state index >= 15 is 4.39 Å². The molecule has 0 spiro atoms. The Kier molecular flexibility index (Phi) is 6.24. The number of fused-ring (bicyclic) bond motifs is 3. The van der Waals surface area contributed by atoms with Gasteiger partial charge < -0.3 is 20.5 Å². The Morgan fingerprint density at radius 1 is 1.24 bits per heavy atom. The highest BCUT2D eigenvalue weighted by atomic mass is 79.9. The molecule has 1 saturated heterocycles. The lowest BCUT2D eigenvalue weighted by molar-refractivity contribution is -0.137. The number of amides is 2. The monoisotopic (exact) mass is 593 g/mol. The number of anilines is 2. The summed E-state index contributed by atoms with van der Waals surface area (Å²) in [4.78, 5) is 39.8. The number of hydrogen-bond acceptors (Lipinski definition) is 6. The second-order valence-corrected chi connectivity index (χ2v) is 10.1. The van der Waals surface area contributed by atoms with Crippen LogP contribution in [0.3, 0.4) is 0 Å². The fraction of sp³-hybridized carbons (Fsp3) is 0.292. The van der Waals surface area contributed by atoms with E-state index in [1.54, 1.807) is 18.2 Å². The van der Waals surface area contributed by atoms with Gasteiger partial charge in [-0.1, -0.05) is 6.07 Å². The van der Waals surface area contributed by atoms with E-state index in [9.17, 15) is 22.8 Å². The smallest absolute Gasteiger partial charge is 0.383 e. The number of aromatic nitrogens is 4. The van der Waals surface area contributed by atoms with Crippen LogP contribution in [0, 0.1) is 0 Å². The third-order valence-corrected chi connectivity index (χ3v) is 6.82. The van der Waals surface area contributed by atoms with Crippen molar-refractivity contribution >= 4 is 61.3 Å². The lowest BCUT2D eigenvalue weighted by atomic mass is 10.0. The first-order valence-electron chi connectivity index (χ1n) is 11.4. The number of halogens is 5. The van der Waals surface area contributed by atoms with Crippen LogP contribution in [0.1, 0.15) is 18.9 Å². The highest BCUT2D eigenvalue weighted by Gasteiger charge is 2.46. The van der Waals surface area contributed by atoms with Crippen LogP contribution in [0.2, 0.25) is 0 Å². The molecular formula is C24H20BrF4N7O2. The van der Waals surface area contributed by atoms with E-state index < -0.39 is 41.8 Å². The van der Waals surface area contributed by atoms with Crippen molar-refractivity contribution < 1.29 is 27.2 Å². The molecule has 3 N–H and O–H groups in total. The highest BCUT2D eigenvalue weighted by molar-refractivity contribution is 9.10. The molecule has 3 aromatic heterocycles. The van der Waals surface area contributed by atoms with Gasteiger partial charge in [0.15, 0.2) is 0 Å². The zero-order chi connectivity index (χ0) is 27.4. The van der Waals surface area contributed by atoms with Crippen LogP contribution < -0.4 is 11.1 Å². The summed E-state index contributed by atoms with van der Waals surface area (Å²) >= 11 is 3.21. The molecule has 2 amide bonds. The minimum absolute atomic E-state index is 0.0539. The van der Waals surface area contributed by atoms with Crippen molar-refractivity contribution in [2.75, 3.05) is 17.6 Å². The third-order valence-electron chi connectivity index (χ3n) is 6.37. The van der Waals surface area contributed by atoms with Gasteiger partial charge in [0.1, 0.15) is 46.5 Å². The van der Waals surface area contributed by atoms with Crippen molar-refractivity contribution in [2.45, 2.75) is 37.8 Å². The first-order chi connectivity index (χ1) is 17.8. The Labute approximate surface area is 221 Å². The fourth-order valence-corrected chi connectivity index (χ4v) is 5.07. The van der Waals surface area contributed by atoms with Gasteiger partial charge in [-0.25, -0.2) is 19.3 Å². The number of nitrogen functional groups attached to an aromatic ring is 1. The lowest BCUT2D eigenvalue weighted by Crippen LogP contribution is -2.44. The van der Waals surface area contributed by atoms with Gasteiger partial charge in [-0.3, -0.25) is 9.59 Å². The van der Waals surface area contributed by atoms with E-state index in [1.165, 1.54) is 17.6 Å². The van der Waals surface area contributed by atoms with Crippen LogP contribution in [0.5, 0.6) is 0 Å². The van der Waals surface area contributed by atoms with Crippen LogP contribution in [0.4, 0.5) is 29.2 Å². The normalized spacial score (nSPS) is 19.8. The summed E-state index contributed by atoms with van der Waals surface area (Å²) in [6.45, 7) is 0.532. The van der Waals surface area contributed by atoms with Crippen molar-refractivity contribution in [3.8, 4) is 0 Å². The number of rotatable bonds is 4. The second kappa shape index (κ2) is 9.19. The molecule has 1 aliphatic heterocycles. The molecule has 9 nitrogen and oxygen atoms in total. The fourth-order valence-electron chi connectivity index (χ4n) is 4.73. The van der Waals surface area contributed by atoms with Crippen LogP contribution in [0.15, 0.2) is 47.3 Å². The molecule has 0 saturated carbocycles. The summed E-state index contributed by atoms with van der Waals surface area (Å²) < 4.78 is 57.1. The predicted molar refractivity (Wildman–Crippen MR) is 135 cm³/mol. The largest absolute Gasteiger partial charge is 0.416 e. The Bertz CT molecular complexity index is 1590. The minimum Gasteiger partial charge on any atom is -0.383 e. The first-order valence-corrected chi connectivity index (χ1v) is 12.1. The van der Waals surface area contributed by atoms with Gasteiger partial charge >= 0.3 is 6.18 Å². The number of nitrogens with zero attached hydrogens (tertiary/aromatic N) is 5. The van der Waals surface area contributed by atoms with Crippen molar-refractivity contribution in [3.63, 3.8) is 0 Å². The van der Waals surface area contributed by atoms with E-state index in [0.29, 0.717) is 4.60 Å². The highest BCUT2D eigenvalue weighted by Crippen LogP contribution is 2.37. The molecule has 4 heterocycles. The number of nitrogens with one attached hydrogen (secondary N) is 1. The van der Waals surface area contributed by atoms with Crippen LogP contribution in [-0.4, -0.2) is 54.5 Å². The van der Waals surface area contributed by atoms with Gasteiger partial charge in [0.2, 0.25) is 11.8 Å². The van der Waals surface area contributed by atoms with Gasteiger partial charge in [0.25, 0.3) is 0 Å². The number of carbonyl (C=O) groups is 2. The maximum absolute atomic E-state index is 15.1. The number of carbonyl (C=O) groups excluding carboxylic acids is 2. The molecule has 2 atom stereocenters. The maximum Gasteiger partial charge on any atom is 0.416 e. The summed E-state index contributed by atoms with van der Waals surface area (Å²) in [7, 11) is 0. The van der Waals surface area contributed by atoms with E-state index in [0.717, 1.165) is 23.4 Å². The maximum atomic E-state index is 15.1. The SMILES string of the molecule is C[C@@]1(F)C[C@H](C(=O)Nc2cccc(Br)n2)N(C(=O)Cn2c3ccc(C(F)(F)F)cc3c3c(N)ncnc32)C1. The van der Waals surface area contributed by atoms with Gasteiger partial charge in [0.05, 0.1) is 23.0 Å². The van der Waals surface area contributed by atoms with E-state index in [4.69, 9.17) is 5.73 Å². The second-order valence-electron chi connectivity index (χ2n) is 9.26. The molecule has 198 valence electrons. The van der Waals surface area contributed by atoms with Crippen molar-refractivity contribution in [1.29, 1.82) is 0 Å². The lowest BCUT2D eigenvalue weighted by Gasteiger charge is -2.24. The van der Waals surface area contributed by atoms with Gasteiger partial charge in [-0.05, 0) is 53.2 Å². The number of pyridine rings is 1. The average molecular weight is 594 g/mol. The summed E-state index contributed by atoms with van der Waals surface area (Å²) in [6.07, 6.45) is -3.71. The van der Waals surface area contributed by atoms with Gasteiger partial charge in [-0.15, -0.1) is 0 Å². The van der Waals surface area contributed by atoms with Gasteiger partial charge in [0, 0.05) is 11.8 Å². The first kappa shape index (κ1) is 25.8. The molecular weight excluding hydrogens is 574 g/mol. The zero-order valence-corrected chi connectivity index (χ0v) is 21.3. The molecule has 38 heavy (non-hydrogen) atoms. The molecule has 0 aliphatic carbocycles. The Morgan fingerprint density at radius 2 is 2.00 bits per heavy atom. The number of likely N-dealkylation sites (tertiary alicyclic amines) is 1. The minimum atomic E-state index is -4.60. The number of hydrogen-bond donors (Lipinski definition) is 2. The van der Waals surface area contributed by atoms with Crippen molar-refractivity contribution in [1.82, 2.24) is 24.4 Å². The molecule has 1 aliphatic rings. The van der Waals surface area contributed by atoms with E-state index in [2.05, 4.69) is 36.2 Å². The predicted octanol–water partition coefficient (Wildman–Crippen LogP) is 4.31. The van der Waals surface area contributed by atoms with E-state index in [-0.39, 0.29) is 46.5 Å². The number of alkyl halides is 4. The quantitative estimate of drug-likeness (QED) is 0.269. The summed E-state index contributed by atoms with van der Waals surface area (Å²) in [5.41, 5.74) is 3.64. The molecule has 5 rings (SSSR count). The molecule has 0 radical (unpaired) electrons. The Morgan fingerprint density at radius 3 is 2.71 bits per heavy atom. The standard InChI is InChI=1S/C24H20BrF4N7O2/c1-23(26)8-15(22(38)34-17-4-2-3-16(25)33-17)36(10-23)18(37)9-35-14-6-5-12(24(27,28)29)7-13(14)19-20(30)31-11-32-21(19)35/h2-7,11,15H,8-10H2,1H3,(H2,30,31,32)(H,33,34,38)/t15-,23-/m1/s1. The summed E-state index contributed by atoms with van der Waals surface area (Å²) in [5, 5.41) is 2.88. The molecule has 14 heteroatoms. The molecule has 1 aromatic carbocycles. The van der Waals surface area contributed by atoms with Crippen LogP contribution >= 0.6 is 15.9 Å². The zero-order valence-electron chi connectivity index (χ0n) is 19.8. The number of benzene rings is 1. The van der Waals surface area contributed by atoms with Crippen molar-refractivity contribution in [3.05, 3.63) is 52.9 Å². The molecule has 4 aromatic rings. The summed E-state index contributed by atoms with van der Waals surface area (Å²) in [6, 6.07) is 6.77. The Hall–Kier alpha value is -3.81. The van der Waals surface area contributed by atoms with Crippen LogP contribution in [0.25, 0.3) is 21.9 Å². The Balaban J connectivity index is 1.50. The van der Waals surface area contributed by atoms with Gasteiger partial charge in [-0.2, -0.15) is 13.2 Å². The summed E-state index contributed by atoms with van der Waals surface area (Å²) in [5.74, 6) is -1.07. The van der Waals surface area contributed by atoms with Crippen molar-refractivity contribution in [2.24, 2.45) is 0 Å². The topological polar surface area (TPSA) is 119 Å². The molecule has 0 unspecified atom stereocenters. The van der Waals surface area contributed by atoms with E-state index in [1.807, 2.05) is 0 Å². The molecule has 1 fully saturated rings. The third kappa shape index (κ3) is 4.75. The average Bonchev–Trinajstić information content (AvgIpc) is 3.33. The number of nitrogens with two attached hydrogens (primary N) is 1.